The minimum atomic E-state index is -0.361. The first-order valence-corrected chi connectivity index (χ1v) is 7.92. The average Bonchev–Trinajstić information content (AvgIpc) is 2.96. The highest BCUT2D eigenvalue weighted by molar-refractivity contribution is 6.01. The summed E-state index contributed by atoms with van der Waals surface area (Å²) in [7, 11) is 1.55. The van der Waals surface area contributed by atoms with Gasteiger partial charge in [0.15, 0.2) is 5.78 Å². The van der Waals surface area contributed by atoms with Crippen molar-refractivity contribution in [2.24, 2.45) is 0 Å². The van der Waals surface area contributed by atoms with Crippen molar-refractivity contribution in [2.45, 2.75) is 12.5 Å². The van der Waals surface area contributed by atoms with Crippen molar-refractivity contribution in [1.29, 1.82) is 0 Å². The van der Waals surface area contributed by atoms with E-state index in [-0.39, 0.29) is 36.6 Å². The Morgan fingerprint density at radius 2 is 1.84 bits per heavy atom. The Bertz CT molecular complexity index is 814. The summed E-state index contributed by atoms with van der Waals surface area (Å²) >= 11 is 0. The lowest BCUT2D eigenvalue weighted by atomic mass is 10.0. The molecule has 1 atom stereocenters. The Hall–Kier alpha value is -3.15. The highest BCUT2D eigenvalue weighted by atomic mass is 16.5. The van der Waals surface area contributed by atoms with Crippen molar-refractivity contribution in [2.75, 3.05) is 13.7 Å². The summed E-state index contributed by atoms with van der Waals surface area (Å²) < 4.78 is 5.04. The Morgan fingerprint density at radius 3 is 2.56 bits per heavy atom. The van der Waals surface area contributed by atoms with E-state index in [0.29, 0.717) is 16.9 Å². The molecule has 0 aromatic heterocycles. The quantitative estimate of drug-likeness (QED) is 0.788. The first-order chi connectivity index (χ1) is 12.1. The second-order valence-corrected chi connectivity index (χ2v) is 5.75. The number of ether oxygens (including phenoxy) is 1. The molecule has 0 saturated carbocycles. The molecule has 2 aromatic rings. The number of carbonyl (C=O) groups is 3. The summed E-state index contributed by atoms with van der Waals surface area (Å²) in [5, 5.41) is 5.39. The van der Waals surface area contributed by atoms with Crippen molar-refractivity contribution in [3.8, 4) is 5.75 Å². The Labute approximate surface area is 145 Å². The summed E-state index contributed by atoms with van der Waals surface area (Å²) in [5.74, 6) is 0.00894. The van der Waals surface area contributed by atoms with Crippen LogP contribution in [0.15, 0.2) is 48.5 Å². The van der Waals surface area contributed by atoms with Gasteiger partial charge in [-0.05, 0) is 35.9 Å². The molecule has 0 aliphatic carbocycles. The maximum atomic E-state index is 12.1. The lowest BCUT2D eigenvalue weighted by Gasteiger charge is -2.11. The van der Waals surface area contributed by atoms with Gasteiger partial charge in [0, 0.05) is 11.1 Å². The van der Waals surface area contributed by atoms with E-state index in [4.69, 9.17) is 4.74 Å². The molecule has 2 aromatic carbocycles. The fourth-order valence-corrected chi connectivity index (χ4v) is 2.80. The number of fused-ring (bicyclic) bond motifs is 1. The molecule has 1 heterocycles. The van der Waals surface area contributed by atoms with E-state index < -0.39 is 0 Å². The summed E-state index contributed by atoms with van der Waals surface area (Å²) in [5.41, 5.74) is 1.90. The van der Waals surface area contributed by atoms with Gasteiger partial charge in [0.05, 0.1) is 26.1 Å². The van der Waals surface area contributed by atoms with Crippen molar-refractivity contribution >= 4 is 17.6 Å². The molecular weight excluding hydrogens is 320 g/mol. The van der Waals surface area contributed by atoms with Gasteiger partial charge in [0.25, 0.3) is 5.91 Å². The first kappa shape index (κ1) is 16.7. The van der Waals surface area contributed by atoms with E-state index in [1.165, 1.54) is 0 Å². The molecule has 25 heavy (non-hydrogen) atoms. The molecule has 0 bridgehead atoms. The highest BCUT2D eigenvalue weighted by Crippen LogP contribution is 2.27. The topological polar surface area (TPSA) is 84.5 Å². The average molecular weight is 338 g/mol. The third kappa shape index (κ3) is 3.68. The van der Waals surface area contributed by atoms with E-state index in [1.54, 1.807) is 43.5 Å². The molecule has 0 fully saturated rings. The molecule has 0 saturated heterocycles. The molecule has 1 aliphatic heterocycles. The Balaban J connectivity index is 1.55. The highest BCUT2D eigenvalue weighted by Gasteiger charge is 2.29. The van der Waals surface area contributed by atoms with Crippen LogP contribution in [-0.2, 0) is 4.79 Å². The van der Waals surface area contributed by atoms with Gasteiger partial charge < -0.3 is 15.4 Å². The molecule has 6 nitrogen and oxygen atoms in total. The van der Waals surface area contributed by atoms with Crippen LogP contribution in [-0.4, -0.2) is 31.3 Å². The zero-order valence-electron chi connectivity index (χ0n) is 13.7. The van der Waals surface area contributed by atoms with Crippen LogP contribution in [0.3, 0.4) is 0 Å². The number of hydrogen-bond donors (Lipinski definition) is 2. The molecule has 1 aliphatic rings. The van der Waals surface area contributed by atoms with Crippen LogP contribution in [0, 0.1) is 0 Å². The zero-order valence-corrected chi connectivity index (χ0v) is 13.7. The molecule has 0 spiro atoms. The fraction of sp³-hybridized carbons (Fsp3) is 0.211. The number of benzene rings is 2. The summed E-state index contributed by atoms with van der Waals surface area (Å²) in [6.45, 7) is -0.0898. The predicted molar refractivity (Wildman–Crippen MR) is 91.6 cm³/mol. The van der Waals surface area contributed by atoms with E-state index >= 15 is 0 Å². The summed E-state index contributed by atoms with van der Waals surface area (Å²) in [4.78, 5) is 36.1. The minimum absolute atomic E-state index is 0.0898. The van der Waals surface area contributed by atoms with Crippen LogP contribution in [0.1, 0.15) is 38.7 Å². The normalized spacial score (nSPS) is 15.2. The van der Waals surface area contributed by atoms with Gasteiger partial charge in [0.1, 0.15) is 5.75 Å². The molecule has 6 heteroatoms. The summed E-state index contributed by atoms with van der Waals surface area (Å²) in [6, 6.07) is 13.5. The van der Waals surface area contributed by atoms with E-state index in [2.05, 4.69) is 10.6 Å². The standard InChI is InChI=1S/C19H18N2O4/c1-25-13-8-6-12(7-9-13)17(22)11-20-18(23)10-16-14-4-2-3-5-15(14)19(24)21-16/h2-9,16H,10-11H2,1H3,(H,20,23)(H,21,24)/t16-/m0/s1. The number of methoxy groups -OCH3 is 1. The van der Waals surface area contributed by atoms with Crippen LogP contribution in [0.5, 0.6) is 5.75 Å². The molecular formula is C19H18N2O4. The molecule has 2 N–H and O–H groups in total. The zero-order chi connectivity index (χ0) is 17.8. The number of rotatable bonds is 6. The lowest BCUT2D eigenvalue weighted by molar-refractivity contribution is -0.121. The SMILES string of the molecule is COc1ccc(C(=O)CNC(=O)C[C@@H]2NC(=O)c3ccccc32)cc1. The molecule has 3 rings (SSSR count). The van der Waals surface area contributed by atoms with Crippen molar-refractivity contribution in [3.05, 3.63) is 65.2 Å². The van der Waals surface area contributed by atoms with Gasteiger partial charge in [-0.25, -0.2) is 0 Å². The largest absolute Gasteiger partial charge is 0.497 e. The number of amides is 2. The number of nitrogens with one attached hydrogen (secondary N) is 2. The Kier molecular flexibility index (Phi) is 4.79. The van der Waals surface area contributed by atoms with Gasteiger partial charge in [-0.15, -0.1) is 0 Å². The Morgan fingerprint density at radius 1 is 1.12 bits per heavy atom. The maximum Gasteiger partial charge on any atom is 0.252 e. The first-order valence-electron chi connectivity index (χ1n) is 7.92. The predicted octanol–water partition coefficient (Wildman–Crippen LogP) is 1.87. The lowest BCUT2D eigenvalue weighted by Crippen LogP contribution is -2.32. The van der Waals surface area contributed by atoms with E-state index in [9.17, 15) is 14.4 Å². The molecule has 0 unspecified atom stereocenters. The smallest absolute Gasteiger partial charge is 0.252 e. The fourth-order valence-electron chi connectivity index (χ4n) is 2.80. The summed E-state index contributed by atoms with van der Waals surface area (Å²) in [6.07, 6.45) is 0.0959. The van der Waals surface area contributed by atoms with Crippen molar-refractivity contribution < 1.29 is 19.1 Å². The second-order valence-electron chi connectivity index (χ2n) is 5.75. The van der Waals surface area contributed by atoms with E-state index in [1.807, 2.05) is 12.1 Å². The van der Waals surface area contributed by atoms with Crippen LogP contribution < -0.4 is 15.4 Å². The number of carbonyl (C=O) groups excluding carboxylic acids is 3. The van der Waals surface area contributed by atoms with E-state index in [0.717, 1.165) is 5.56 Å². The van der Waals surface area contributed by atoms with Gasteiger partial charge in [-0.3, -0.25) is 14.4 Å². The maximum absolute atomic E-state index is 12.1. The van der Waals surface area contributed by atoms with Crippen LogP contribution >= 0.6 is 0 Å². The van der Waals surface area contributed by atoms with Crippen molar-refractivity contribution in [3.63, 3.8) is 0 Å². The van der Waals surface area contributed by atoms with Crippen LogP contribution in [0.2, 0.25) is 0 Å². The monoisotopic (exact) mass is 338 g/mol. The van der Waals surface area contributed by atoms with Crippen LogP contribution in [0.25, 0.3) is 0 Å². The molecule has 0 radical (unpaired) electrons. The van der Waals surface area contributed by atoms with Crippen molar-refractivity contribution in [1.82, 2.24) is 10.6 Å². The number of ketones is 1. The molecule has 128 valence electrons. The van der Waals surface area contributed by atoms with Gasteiger partial charge >= 0.3 is 0 Å². The van der Waals surface area contributed by atoms with Gasteiger partial charge in [0.2, 0.25) is 5.91 Å². The van der Waals surface area contributed by atoms with Gasteiger partial charge in [-0.2, -0.15) is 0 Å². The second kappa shape index (κ2) is 7.17. The third-order valence-electron chi connectivity index (χ3n) is 4.13. The minimum Gasteiger partial charge on any atom is -0.497 e. The van der Waals surface area contributed by atoms with Crippen LogP contribution in [0.4, 0.5) is 0 Å². The third-order valence-corrected chi connectivity index (χ3v) is 4.13. The van der Waals surface area contributed by atoms with Gasteiger partial charge in [-0.1, -0.05) is 18.2 Å². The molecule has 2 amide bonds. The number of hydrogen-bond acceptors (Lipinski definition) is 4. The number of Topliss-reactive ketones (excluding diaryl/α,β-unsaturated/α-hetero) is 1.